The van der Waals surface area contributed by atoms with Crippen LogP contribution >= 0.6 is 0 Å². The lowest BCUT2D eigenvalue weighted by molar-refractivity contribution is -0.140. The van der Waals surface area contributed by atoms with Crippen LogP contribution in [0, 0.1) is 0 Å². The Morgan fingerprint density at radius 1 is 1.26 bits per heavy atom. The van der Waals surface area contributed by atoms with E-state index in [0.29, 0.717) is 12.1 Å². The summed E-state index contributed by atoms with van der Waals surface area (Å²) in [5.41, 5.74) is 0.691. The molecule has 0 saturated carbocycles. The number of benzene rings is 1. The van der Waals surface area contributed by atoms with Crippen molar-refractivity contribution in [2.24, 2.45) is 12.0 Å². The first-order chi connectivity index (χ1) is 8.91. The minimum absolute atomic E-state index is 0.283. The van der Waals surface area contributed by atoms with Gasteiger partial charge in [-0.2, -0.15) is 13.2 Å². The van der Waals surface area contributed by atoms with Gasteiger partial charge in [-0.05, 0) is 12.3 Å². The molecule has 0 aliphatic carbocycles. The molecule has 0 saturated heterocycles. The largest absolute Gasteiger partial charge is 0.434 e. The van der Waals surface area contributed by atoms with E-state index in [1.165, 1.54) is 11.6 Å². The predicted molar refractivity (Wildman–Crippen MR) is 66.9 cm³/mol. The van der Waals surface area contributed by atoms with Crippen LogP contribution in [-0.2, 0) is 19.8 Å². The fraction of sp³-hybridized carbons (Fsp3) is 0.231. The van der Waals surface area contributed by atoms with Gasteiger partial charge in [-0.25, -0.2) is 4.98 Å². The van der Waals surface area contributed by atoms with Gasteiger partial charge in [0.25, 0.3) is 0 Å². The standard InChI is InChI=1S/C13H12F3N3/c1-17-7-9-3-5-10(6-4-9)12-18-11(8-19(12)2)13(14,15)16/h3-6,8H,1,7H2,2H3. The summed E-state index contributed by atoms with van der Waals surface area (Å²) >= 11 is 0. The van der Waals surface area contributed by atoms with Crippen molar-refractivity contribution in [3.63, 3.8) is 0 Å². The van der Waals surface area contributed by atoms with Gasteiger partial charge in [0.1, 0.15) is 5.82 Å². The van der Waals surface area contributed by atoms with E-state index in [1.54, 1.807) is 24.3 Å². The topological polar surface area (TPSA) is 30.2 Å². The predicted octanol–water partition coefficient (Wildman–Crippen LogP) is 3.31. The maximum atomic E-state index is 12.6. The zero-order valence-corrected chi connectivity index (χ0v) is 10.3. The molecule has 2 aromatic rings. The summed E-state index contributed by atoms with van der Waals surface area (Å²) < 4.78 is 39.1. The molecule has 0 radical (unpaired) electrons. The zero-order valence-electron chi connectivity index (χ0n) is 10.3. The highest BCUT2D eigenvalue weighted by atomic mass is 19.4. The van der Waals surface area contributed by atoms with E-state index in [2.05, 4.69) is 16.7 Å². The number of nitrogens with zero attached hydrogens (tertiary/aromatic N) is 3. The Kier molecular flexibility index (Phi) is 3.42. The fourth-order valence-corrected chi connectivity index (χ4v) is 1.76. The first-order valence-electron chi connectivity index (χ1n) is 5.54. The lowest BCUT2D eigenvalue weighted by Crippen LogP contribution is -2.04. The van der Waals surface area contributed by atoms with Gasteiger partial charge in [0, 0.05) is 18.8 Å². The number of halogens is 3. The molecular weight excluding hydrogens is 255 g/mol. The Labute approximate surface area is 108 Å². The summed E-state index contributed by atoms with van der Waals surface area (Å²) in [5.74, 6) is 0.283. The van der Waals surface area contributed by atoms with E-state index in [-0.39, 0.29) is 5.82 Å². The summed E-state index contributed by atoms with van der Waals surface area (Å²) in [6.07, 6.45) is -3.45. The second-order valence-electron chi connectivity index (χ2n) is 4.14. The Morgan fingerprint density at radius 3 is 2.37 bits per heavy atom. The quantitative estimate of drug-likeness (QED) is 0.785. The normalized spacial score (nSPS) is 11.6. The van der Waals surface area contributed by atoms with Crippen molar-refractivity contribution in [1.29, 1.82) is 0 Å². The molecule has 1 aromatic heterocycles. The number of alkyl halides is 3. The van der Waals surface area contributed by atoms with Gasteiger partial charge in [0.15, 0.2) is 5.69 Å². The molecule has 0 fully saturated rings. The minimum atomic E-state index is -4.43. The third kappa shape index (κ3) is 2.83. The molecule has 0 aliphatic heterocycles. The average molecular weight is 267 g/mol. The molecule has 0 spiro atoms. The molecule has 3 nitrogen and oxygen atoms in total. The van der Waals surface area contributed by atoms with Crippen molar-refractivity contribution in [3.05, 3.63) is 41.7 Å². The molecule has 0 atom stereocenters. The van der Waals surface area contributed by atoms with Gasteiger partial charge < -0.3 is 4.57 Å². The maximum Gasteiger partial charge on any atom is 0.434 e. The van der Waals surface area contributed by atoms with E-state index in [9.17, 15) is 13.2 Å². The van der Waals surface area contributed by atoms with Crippen molar-refractivity contribution in [2.45, 2.75) is 12.7 Å². The monoisotopic (exact) mass is 267 g/mol. The van der Waals surface area contributed by atoms with Crippen molar-refractivity contribution in [1.82, 2.24) is 9.55 Å². The van der Waals surface area contributed by atoms with Crippen LogP contribution in [0.1, 0.15) is 11.3 Å². The molecule has 0 aliphatic rings. The second kappa shape index (κ2) is 4.87. The Hall–Kier alpha value is -2.11. The van der Waals surface area contributed by atoms with Gasteiger partial charge in [0.05, 0.1) is 6.54 Å². The number of rotatable bonds is 3. The highest BCUT2D eigenvalue weighted by molar-refractivity contribution is 5.56. The Balaban J connectivity index is 2.36. The first-order valence-corrected chi connectivity index (χ1v) is 5.54. The zero-order chi connectivity index (χ0) is 14.0. The van der Waals surface area contributed by atoms with Crippen molar-refractivity contribution >= 4 is 6.72 Å². The molecule has 6 heteroatoms. The van der Waals surface area contributed by atoms with E-state index >= 15 is 0 Å². The molecule has 100 valence electrons. The van der Waals surface area contributed by atoms with Crippen LogP contribution < -0.4 is 0 Å². The third-order valence-corrected chi connectivity index (χ3v) is 2.67. The molecule has 1 heterocycles. The smallest absolute Gasteiger partial charge is 0.333 e. The van der Waals surface area contributed by atoms with Crippen LogP contribution in [0.5, 0.6) is 0 Å². The maximum absolute atomic E-state index is 12.6. The van der Waals surface area contributed by atoms with E-state index in [4.69, 9.17) is 0 Å². The number of hydrogen-bond donors (Lipinski definition) is 0. The van der Waals surface area contributed by atoms with Gasteiger partial charge >= 0.3 is 6.18 Å². The SMILES string of the molecule is C=NCc1ccc(-c2nc(C(F)(F)F)cn2C)cc1. The molecular formula is C13H12F3N3. The molecule has 1 aromatic carbocycles. The van der Waals surface area contributed by atoms with Gasteiger partial charge in [0.2, 0.25) is 0 Å². The van der Waals surface area contributed by atoms with E-state index < -0.39 is 11.9 Å². The molecule has 19 heavy (non-hydrogen) atoms. The van der Waals surface area contributed by atoms with E-state index in [1.807, 2.05) is 0 Å². The summed E-state index contributed by atoms with van der Waals surface area (Å²) in [5, 5.41) is 0. The summed E-state index contributed by atoms with van der Waals surface area (Å²) in [7, 11) is 1.54. The number of aryl methyl sites for hydroxylation is 1. The average Bonchev–Trinajstić information content (AvgIpc) is 2.73. The summed E-state index contributed by atoms with van der Waals surface area (Å²) in [6, 6.07) is 7.05. The van der Waals surface area contributed by atoms with Crippen LogP contribution in [0.25, 0.3) is 11.4 Å². The number of imidazole rings is 1. The van der Waals surface area contributed by atoms with Crippen LogP contribution in [-0.4, -0.2) is 16.3 Å². The van der Waals surface area contributed by atoms with Crippen LogP contribution in [0.2, 0.25) is 0 Å². The molecule has 0 bridgehead atoms. The van der Waals surface area contributed by atoms with Crippen molar-refractivity contribution in [3.8, 4) is 11.4 Å². The van der Waals surface area contributed by atoms with E-state index in [0.717, 1.165) is 11.8 Å². The minimum Gasteiger partial charge on any atom is -0.333 e. The molecule has 0 N–H and O–H groups in total. The third-order valence-electron chi connectivity index (χ3n) is 2.67. The van der Waals surface area contributed by atoms with Gasteiger partial charge in [-0.1, -0.05) is 24.3 Å². The molecule has 0 unspecified atom stereocenters. The summed E-state index contributed by atoms with van der Waals surface area (Å²) in [4.78, 5) is 7.37. The second-order valence-corrected chi connectivity index (χ2v) is 4.14. The number of aliphatic imine (C=N–C) groups is 1. The van der Waals surface area contributed by atoms with Crippen LogP contribution in [0.4, 0.5) is 13.2 Å². The van der Waals surface area contributed by atoms with Gasteiger partial charge in [-0.15, -0.1) is 0 Å². The lowest BCUT2D eigenvalue weighted by atomic mass is 10.1. The molecule has 2 rings (SSSR count). The Bertz CT molecular complexity index is 582. The fourth-order valence-electron chi connectivity index (χ4n) is 1.76. The van der Waals surface area contributed by atoms with Crippen LogP contribution in [0.15, 0.2) is 35.5 Å². The van der Waals surface area contributed by atoms with Gasteiger partial charge in [-0.3, -0.25) is 4.99 Å². The summed E-state index contributed by atoms with van der Waals surface area (Å²) in [6.45, 7) is 3.87. The number of hydrogen-bond acceptors (Lipinski definition) is 2. The highest BCUT2D eigenvalue weighted by Gasteiger charge is 2.34. The Morgan fingerprint density at radius 2 is 1.89 bits per heavy atom. The highest BCUT2D eigenvalue weighted by Crippen LogP contribution is 2.30. The molecule has 0 amide bonds. The lowest BCUT2D eigenvalue weighted by Gasteiger charge is -2.02. The van der Waals surface area contributed by atoms with Crippen molar-refractivity contribution in [2.75, 3.05) is 0 Å². The number of aromatic nitrogens is 2. The first kappa shape index (κ1) is 13.3. The van der Waals surface area contributed by atoms with Crippen LogP contribution in [0.3, 0.4) is 0 Å². The van der Waals surface area contributed by atoms with Crippen molar-refractivity contribution < 1.29 is 13.2 Å².